The number of hydrogen-bond acceptors (Lipinski definition) is 3. The van der Waals surface area contributed by atoms with E-state index in [-0.39, 0.29) is 5.78 Å². The van der Waals surface area contributed by atoms with Crippen molar-refractivity contribution < 1.29 is 9.21 Å². The summed E-state index contributed by atoms with van der Waals surface area (Å²) < 4.78 is 4.98. The maximum Gasteiger partial charge on any atom is 0.222 e. The molecule has 0 unspecified atom stereocenters. The van der Waals surface area contributed by atoms with Crippen LogP contribution in [0.3, 0.4) is 0 Å². The molecule has 3 heteroatoms. The van der Waals surface area contributed by atoms with Crippen LogP contribution in [0.4, 0.5) is 0 Å². The molecule has 0 spiro atoms. The maximum atomic E-state index is 11.5. The van der Waals surface area contributed by atoms with Gasteiger partial charge in [-0.3, -0.25) is 4.79 Å². The van der Waals surface area contributed by atoms with Crippen LogP contribution in [0.5, 0.6) is 0 Å². The van der Waals surface area contributed by atoms with E-state index in [1.165, 1.54) is 17.9 Å². The molecule has 0 bridgehead atoms. The van der Waals surface area contributed by atoms with Gasteiger partial charge in [-0.2, -0.15) is 0 Å². The molecule has 1 aromatic carbocycles. The van der Waals surface area contributed by atoms with Gasteiger partial charge in [-0.15, -0.1) is 0 Å². The second kappa shape index (κ2) is 5.70. The fraction of sp³-hybridized carbons (Fsp3) is 0.0714. The summed E-state index contributed by atoms with van der Waals surface area (Å²) in [6.07, 6.45) is 4.58. The van der Waals surface area contributed by atoms with E-state index in [9.17, 15) is 4.79 Å². The molecule has 3 nitrogen and oxygen atoms in total. The highest BCUT2D eigenvalue weighted by Crippen LogP contribution is 2.01. The molecule has 17 heavy (non-hydrogen) atoms. The lowest BCUT2D eigenvalue weighted by molar-refractivity contribution is 0.102. The zero-order chi connectivity index (χ0) is 11.9. The first-order valence-corrected chi connectivity index (χ1v) is 5.38. The van der Waals surface area contributed by atoms with Gasteiger partial charge in [-0.1, -0.05) is 30.3 Å². The van der Waals surface area contributed by atoms with Crippen molar-refractivity contribution in [3.05, 3.63) is 72.3 Å². The Labute approximate surface area is 99.8 Å². The quantitative estimate of drug-likeness (QED) is 0.631. The van der Waals surface area contributed by atoms with Crippen LogP contribution in [0.2, 0.25) is 0 Å². The van der Waals surface area contributed by atoms with E-state index in [0.29, 0.717) is 12.3 Å². The van der Waals surface area contributed by atoms with E-state index < -0.39 is 0 Å². The van der Waals surface area contributed by atoms with E-state index >= 15 is 0 Å². The number of furan rings is 1. The molecular formula is C14H13NO2. The zero-order valence-corrected chi connectivity index (χ0v) is 9.30. The number of benzene rings is 1. The van der Waals surface area contributed by atoms with Crippen LogP contribution < -0.4 is 5.32 Å². The molecule has 0 aliphatic carbocycles. The van der Waals surface area contributed by atoms with Crippen LogP contribution >= 0.6 is 0 Å². The molecule has 0 atom stereocenters. The van der Waals surface area contributed by atoms with Crippen molar-refractivity contribution >= 4 is 5.78 Å². The van der Waals surface area contributed by atoms with Gasteiger partial charge >= 0.3 is 0 Å². The Morgan fingerprint density at radius 3 is 2.71 bits per heavy atom. The highest BCUT2D eigenvalue weighted by atomic mass is 16.3. The fourth-order valence-electron chi connectivity index (χ4n) is 1.41. The molecule has 2 rings (SSSR count). The van der Waals surface area contributed by atoms with E-state index in [1.807, 2.05) is 30.3 Å². The monoisotopic (exact) mass is 227 g/mol. The molecule has 2 aromatic rings. The van der Waals surface area contributed by atoms with Crippen LogP contribution in [-0.2, 0) is 6.54 Å². The molecule has 1 aromatic heterocycles. The molecule has 86 valence electrons. The molecule has 0 aliphatic rings. The number of hydrogen-bond donors (Lipinski definition) is 1. The van der Waals surface area contributed by atoms with Gasteiger partial charge in [0.1, 0.15) is 0 Å². The van der Waals surface area contributed by atoms with Crippen LogP contribution in [0.1, 0.15) is 16.1 Å². The Bertz CT molecular complexity index is 486. The van der Waals surface area contributed by atoms with Gasteiger partial charge in [-0.25, -0.2) is 0 Å². The van der Waals surface area contributed by atoms with Gasteiger partial charge in [0.15, 0.2) is 5.76 Å². The molecule has 1 N–H and O–H groups in total. The molecule has 0 saturated heterocycles. The molecule has 0 amide bonds. The Balaban J connectivity index is 1.81. The maximum absolute atomic E-state index is 11.5. The first-order valence-electron chi connectivity index (χ1n) is 5.38. The van der Waals surface area contributed by atoms with Crippen LogP contribution in [0, 0.1) is 0 Å². The highest BCUT2D eigenvalue weighted by molar-refractivity contribution is 6.02. The summed E-state index contributed by atoms with van der Waals surface area (Å²) in [6, 6.07) is 13.3. The lowest BCUT2D eigenvalue weighted by atomic mass is 10.2. The summed E-state index contributed by atoms with van der Waals surface area (Å²) in [5.41, 5.74) is 1.17. The SMILES string of the molecule is O=C(/C=C\NCc1ccccc1)c1ccco1. The third-order valence-electron chi connectivity index (χ3n) is 2.27. The minimum Gasteiger partial charge on any atom is -0.461 e. The van der Waals surface area contributed by atoms with Crippen molar-refractivity contribution in [1.82, 2.24) is 5.32 Å². The number of nitrogens with one attached hydrogen (secondary N) is 1. The standard InChI is InChI=1S/C14H13NO2/c16-13(14-7-4-10-17-14)8-9-15-11-12-5-2-1-3-6-12/h1-10,15H,11H2/b9-8-. The zero-order valence-electron chi connectivity index (χ0n) is 9.30. The largest absolute Gasteiger partial charge is 0.461 e. The van der Waals surface area contributed by atoms with Gasteiger partial charge in [0, 0.05) is 18.8 Å². The van der Waals surface area contributed by atoms with Gasteiger partial charge in [0.05, 0.1) is 6.26 Å². The Morgan fingerprint density at radius 1 is 1.18 bits per heavy atom. The van der Waals surface area contributed by atoms with Gasteiger partial charge < -0.3 is 9.73 Å². The first-order chi connectivity index (χ1) is 8.36. The summed E-state index contributed by atoms with van der Waals surface area (Å²) in [5.74, 6) is 0.207. The smallest absolute Gasteiger partial charge is 0.222 e. The Hall–Kier alpha value is -2.29. The minimum absolute atomic E-state index is 0.143. The number of carbonyl (C=O) groups excluding carboxylic acids is 1. The van der Waals surface area contributed by atoms with Crippen molar-refractivity contribution in [2.45, 2.75) is 6.54 Å². The fourth-order valence-corrected chi connectivity index (χ4v) is 1.41. The van der Waals surface area contributed by atoms with E-state index in [2.05, 4.69) is 5.32 Å². The summed E-state index contributed by atoms with van der Waals surface area (Å²) >= 11 is 0. The topological polar surface area (TPSA) is 42.2 Å². The summed E-state index contributed by atoms with van der Waals surface area (Å²) in [5, 5.41) is 3.05. The molecule has 1 heterocycles. The van der Waals surface area contributed by atoms with Crippen LogP contribution in [-0.4, -0.2) is 5.78 Å². The molecule has 0 aliphatic heterocycles. The van der Waals surface area contributed by atoms with Crippen molar-refractivity contribution in [3.8, 4) is 0 Å². The van der Waals surface area contributed by atoms with Crippen LogP contribution in [0.15, 0.2) is 65.4 Å². The first kappa shape index (κ1) is 11.2. The lowest BCUT2D eigenvalue weighted by Gasteiger charge is -1.99. The number of rotatable bonds is 5. The molecule has 0 saturated carbocycles. The van der Waals surface area contributed by atoms with E-state index in [1.54, 1.807) is 18.3 Å². The van der Waals surface area contributed by atoms with Crippen molar-refractivity contribution in [2.24, 2.45) is 0 Å². The average Bonchev–Trinajstić information content (AvgIpc) is 2.89. The number of allylic oxidation sites excluding steroid dienone is 1. The second-order valence-electron chi connectivity index (χ2n) is 3.54. The number of ketones is 1. The summed E-state index contributed by atoms with van der Waals surface area (Å²) in [7, 11) is 0. The minimum atomic E-state index is -0.143. The molecule has 0 radical (unpaired) electrons. The Kier molecular flexibility index (Phi) is 3.76. The predicted octanol–water partition coefficient (Wildman–Crippen LogP) is 2.77. The van der Waals surface area contributed by atoms with Gasteiger partial charge in [-0.05, 0) is 17.7 Å². The highest BCUT2D eigenvalue weighted by Gasteiger charge is 2.02. The van der Waals surface area contributed by atoms with Crippen molar-refractivity contribution in [2.75, 3.05) is 0 Å². The summed E-state index contributed by atoms with van der Waals surface area (Å²) in [4.78, 5) is 11.5. The van der Waals surface area contributed by atoms with Crippen LogP contribution in [0.25, 0.3) is 0 Å². The van der Waals surface area contributed by atoms with E-state index in [0.717, 1.165) is 0 Å². The Morgan fingerprint density at radius 2 is 2.00 bits per heavy atom. The lowest BCUT2D eigenvalue weighted by Crippen LogP contribution is -2.05. The normalized spacial score (nSPS) is 10.6. The van der Waals surface area contributed by atoms with Gasteiger partial charge in [0.2, 0.25) is 5.78 Å². The molecular weight excluding hydrogens is 214 g/mol. The number of carbonyl (C=O) groups is 1. The van der Waals surface area contributed by atoms with Crippen molar-refractivity contribution in [3.63, 3.8) is 0 Å². The van der Waals surface area contributed by atoms with Crippen molar-refractivity contribution in [1.29, 1.82) is 0 Å². The average molecular weight is 227 g/mol. The van der Waals surface area contributed by atoms with Gasteiger partial charge in [0.25, 0.3) is 0 Å². The third-order valence-corrected chi connectivity index (χ3v) is 2.27. The summed E-state index contributed by atoms with van der Waals surface area (Å²) in [6.45, 7) is 0.697. The second-order valence-corrected chi connectivity index (χ2v) is 3.54. The third kappa shape index (κ3) is 3.34. The predicted molar refractivity (Wildman–Crippen MR) is 65.5 cm³/mol. The van der Waals surface area contributed by atoms with E-state index in [4.69, 9.17) is 4.42 Å². The molecule has 0 fully saturated rings.